The van der Waals surface area contributed by atoms with E-state index in [1.54, 1.807) is 0 Å². The van der Waals surface area contributed by atoms with E-state index in [0.717, 1.165) is 61.8 Å². The second-order valence-corrected chi connectivity index (χ2v) is 15.8. The van der Waals surface area contributed by atoms with Crippen LogP contribution in [0.5, 0.6) is 0 Å². The molecular weight excluding hydrogens is 663 g/mol. The van der Waals surface area contributed by atoms with Gasteiger partial charge in [0.1, 0.15) is 0 Å². The van der Waals surface area contributed by atoms with Gasteiger partial charge in [-0.2, -0.15) is 0 Å². The fourth-order valence-electron chi connectivity index (χ4n) is 10.3. The van der Waals surface area contributed by atoms with Gasteiger partial charge in [0, 0.05) is 22.2 Å². The number of allylic oxidation sites excluding steroid dienone is 2. The molecule has 0 fully saturated rings. The van der Waals surface area contributed by atoms with Crippen molar-refractivity contribution in [2.45, 2.75) is 110 Å². The molecule has 0 heterocycles. The molecule has 1 heteroatoms. The molecule has 1 aliphatic carbocycles. The minimum absolute atomic E-state index is 0.0364. The Morgan fingerprint density at radius 1 is 0.636 bits per heavy atom. The summed E-state index contributed by atoms with van der Waals surface area (Å²) in [4.78, 5) is 0. The normalized spacial score (nSPS) is 15.1. The molecule has 284 valence electrons. The largest absolute Gasteiger partial charge is 0.359 e. The number of rotatable bonds is 17. The zero-order valence-electron chi connectivity index (χ0n) is 34.6. The van der Waals surface area contributed by atoms with Gasteiger partial charge in [-0.25, -0.2) is 0 Å². The Morgan fingerprint density at radius 2 is 1.18 bits per heavy atom. The Balaban J connectivity index is 1.74. The predicted octanol–water partition coefficient (Wildman–Crippen LogP) is 15.3. The van der Waals surface area contributed by atoms with Crippen LogP contribution in [0.3, 0.4) is 0 Å². The molecule has 0 saturated heterocycles. The number of hydrogen-bond donors (Lipinski definition) is 1. The lowest BCUT2D eigenvalue weighted by Gasteiger charge is -2.53. The minimum atomic E-state index is -0.553. The van der Waals surface area contributed by atoms with E-state index in [4.69, 9.17) is 0 Å². The van der Waals surface area contributed by atoms with Crippen molar-refractivity contribution in [1.29, 1.82) is 0 Å². The Bertz CT molecular complexity index is 2060. The zero-order chi connectivity index (χ0) is 39.2. The van der Waals surface area contributed by atoms with Crippen molar-refractivity contribution in [3.8, 4) is 11.1 Å². The van der Waals surface area contributed by atoms with Gasteiger partial charge in [-0.3, -0.25) is 0 Å². The van der Waals surface area contributed by atoms with Crippen LogP contribution in [0.2, 0.25) is 0 Å². The molecule has 0 saturated carbocycles. The number of anilines is 1. The van der Waals surface area contributed by atoms with Crippen LogP contribution >= 0.6 is 0 Å². The van der Waals surface area contributed by atoms with Crippen molar-refractivity contribution >= 4 is 17.8 Å². The first-order valence-electron chi connectivity index (χ1n) is 21.0. The van der Waals surface area contributed by atoms with Crippen molar-refractivity contribution in [1.82, 2.24) is 0 Å². The molecule has 0 aromatic heterocycles. The highest BCUT2D eigenvalue weighted by molar-refractivity contribution is 5.88. The lowest BCUT2D eigenvalue weighted by molar-refractivity contribution is 0.147. The van der Waals surface area contributed by atoms with Crippen molar-refractivity contribution in [2.75, 3.05) is 5.32 Å². The van der Waals surface area contributed by atoms with Crippen LogP contribution in [-0.4, -0.2) is 0 Å². The second-order valence-electron chi connectivity index (χ2n) is 15.8. The van der Waals surface area contributed by atoms with Gasteiger partial charge in [0.05, 0.1) is 5.41 Å². The molecule has 0 bridgehead atoms. The lowest BCUT2D eigenvalue weighted by atomic mass is 9.50. The van der Waals surface area contributed by atoms with E-state index in [1.165, 1.54) is 50.2 Å². The van der Waals surface area contributed by atoms with Crippen molar-refractivity contribution in [3.63, 3.8) is 0 Å². The third kappa shape index (κ3) is 6.75. The highest BCUT2D eigenvalue weighted by atomic mass is 14.9. The first kappa shape index (κ1) is 39.8. The first-order valence-corrected chi connectivity index (χ1v) is 21.0. The maximum absolute atomic E-state index is 4.11. The molecule has 6 rings (SSSR count). The van der Waals surface area contributed by atoms with Crippen molar-refractivity contribution < 1.29 is 0 Å². The van der Waals surface area contributed by atoms with E-state index < -0.39 is 5.41 Å². The van der Waals surface area contributed by atoms with E-state index in [-0.39, 0.29) is 10.8 Å². The van der Waals surface area contributed by atoms with Crippen LogP contribution in [0.15, 0.2) is 140 Å². The second kappa shape index (κ2) is 16.9. The summed E-state index contributed by atoms with van der Waals surface area (Å²) in [5.74, 6) is 0.576. The molecule has 1 aliphatic rings. The monoisotopic (exact) mass is 725 g/mol. The summed E-state index contributed by atoms with van der Waals surface area (Å²) in [5, 5.41) is 3.82. The van der Waals surface area contributed by atoms with E-state index in [1.807, 2.05) is 12.2 Å². The maximum atomic E-state index is 4.11. The molecule has 1 N–H and O–H groups in total. The van der Waals surface area contributed by atoms with Crippen molar-refractivity contribution in [2.24, 2.45) is 5.92 Å². The van der Waals surface area contributed by atoms with Crippen LogP contribution in [-0.2, 0) is 16.2 Å². The van der Waals surface area contributed by atoms with E-state index in [0.29, 0.717) is 5.92 Å². The Hall–Kier alpha value is -4.88. The summed E-state index contributed by atoms with van der Waals surface area (Å²) in [6.07, 6.45) is 13.7. The molecule has 0 spiro atoms. The Kier molecular flexibility index (Phi) is 12.2. The van der Waals surface area contributed by atoms with E-state index in [9.17, 15) is 0 Å². The molecule has 0 amide bonds. The molecule has 2 unspecified atom stereocenters. The fraction of sp³-hybridized carbons (Fsp3) is 0.333. The summed E-state index contributed by atoms with van der Waals surface area (Å²) < 4.78 is 0. The minimum Gasteiger partial charge on any atom is -0.359 e. The van der Waals surface area contributed by atoms with Gasteiger partial charge in [0.15, 0.2) is 0 Å². The Morgan fingerprint density at radius 3 is 1.67 bits per heavy atom. The molecule has 5 aromatic rings. The standard InChI is InChI=1S/C54H63N/c1-10-21-46(14-5)55-47-33-35-49-48-34-32-45(53(17-8,38-39(9)11-2)52(15-6,16-7)42-22-19-18-20-23-42)36-50(48)54(51(49)37-47,43-28-24-40(12-3)25-29-43)44-30-26-41(13-4)27-31-44/h12-13,18-37,39,55H,3-4,10-11,14-17,38H2,1-2,5-9H3/b46-21+. The first-order chi connectivity index (χ1) is 26.7. The number of benzene rings is 5. The van der Waals surface area contributed by atoms with Crippen molar-refractivity contribution in [3.05, 3.63) is 185 Å². The number of nitrogens with one attached hydrogen (secondary N) is 1. The Labute approximate surface area is 333 Å². The van der Waals surface area contributed by atoms with Gasteiger partial charge in [-0.1, -0.05) is 189 Å². The van der Waals surface area contributed by atoms with Gasteiger partial charge in [0.25, 0.3) is 0 Å². The molecule has 1 nitrogen and oxygen atoms in total. The van der Waals surface area contributed by atoms with Crippen LogP contribution in [0.1, 0.15) is 138 Å². The summed E-state index contributed by atoms with van der Waals surface area (Å²) in [6.45, 7) is 24.8. The van der Waals surface area contributed by atoms with Gasteiger partial charge < -0.3 is 5.32 Å². The maximum Gasteiger partial charge on any atom is 0.0714 e. The summed E-state index contributed by atoms with van der Waals surface area (Å²) in [7, 11) is 0. The smallest absolute Gasteiger partial charge is 0.0714 e. The molecule has 55 heavy (non-hydrogen) atoms. The van der Waals surface area contributed by atoms with Crippen LogP contribution < -0.4 is 5.32 Å². The average molecular weight is 726 g/mol. The topological polar surface area (TPSA) is 12.0 Å². The molecular formula is C54H63N. The lowest BCUT2D eigenvalue weighted by Crippen LogP contribution is -2.49. The van der Waals surface area contributed by atoms with Gasteiger partial charge in [0.2, 0.25) is 0 Å². The quantitative estimate of drug-likeness (QED) is 0.0987. The molecule has 0 radical (unpaired) electrons. The number of fused-ring (bicyclic) bond motifs is 3. The zero-order valence-corrected chi connectivity index (χ0v) is 34.6. The van der Waals surface area contributed by atoms with Gasteiger partial charge in [-0.15, -0.1) is 0 Å². The number of hydrogen-bond acceptors (Lipinski definition) is 1. The molecule has 2 atom stereocenters. The van der Waals surface area contributed by atoms with Gasteiger partial charge in [-0.05, 0) is 112 Å². The van der Waals surface area contributed by atoms with Gasteiger partial charge >= 0.3 is 0 Å². The van der Waals surface area contributed by atoms with E-state index >= 15 is 0 Å². The molecule has 0 aliphatic heterocycles. The molecule has 5 aromatic carbocycles. The third-order valence-corrected chi connectivity index (χ3v) is 13.4. The highest BCUT2D eigenvalue weighted by Crippen LogP contribution is 2.60. The van der Waals surface area contributed by atoms with Crippen LogP contribution in [0.25, 0.3) is 23.3 Å². The third-order valence-electron chi connectivity index (χ3n) is 13.4. The summed E-state index contributed by atoms with van der Waals surface area (Å²) in [5.41, 5.74) is 14.7. The van der Waals surface area contributed by atoms with E-state index in [2.05, 4.69) is 188 Å². The highest BCUT2D eigenvalue weighted by Gasteiger charge is 2.52. The summed E-state index contributed by atoms with van der Waals surface area (Å²) >= 11 is 0. The average Bonchev–Trinajstić information content (AvgIpc) is 3.53. The SMILES string of the molecule is C=Cc1ccc(C2(c3ccc(C=C)cc3)c3cc(N/C(=C/CC)CC)ccc3-c3ccc(C(CC)(CC(C)CC)C(CC)(CC)c4ccccc4)cc32)cc1. The fourth-order valence-corrected chi connectivity index (χ4v) is 10.3. The predicted molar refractivity (Wildman–Crippen MR) is 241 cm³/mol. The van der Waals surface area contributed by atoms with Crippen LogP contribution in [0.4, 0.5) is 5.69 Å². The van der Waals surface area contributed by atoms with Crippen LogP contribution in [0, 0.1) is 5.92 Å². The summed E-state index contributed by atoms with van der Waals surface area (Å²) in [6, 6.07) is 44.5.